The van der Waals surface area contributed by atoms with Crippen LogP contribution >= 0.6 is 0 Å². The number of rotatable bonds is 4. The number of hydrogen-bond donors (Lipinski definition) is 0. The first kappa shape index (κ1) is 7.67. The van der Waals surface area contributed by atoms with Crippen LogP contribution in [0.1, 0.15) is 26.2 Å². The zero-order valence-corrected chi connectivity index (χ0v) is 5.36. The van der Waals surface area contributed by atoms with E-state index in [0.29, 0.717) is 6.42 Å². The quantitative estimate of drug-likeness (QED) is 0.495. The maximum atomic E-state index is 12.2. The van der Waals surface area contributed by atoms with Crippen molar-refractivity contribution < 1.29 is 4.39 Å². The Morgan fingerprint density at radius 2 is 2.38 bits per heavy atom. The van der Waals surface area contributed by atoms with Gasteiger partial charge in [-0.15, -0.1) is 6.58 Å². The standard InChI is InChI=1S/C7H13F/c1-3-5-6-7(8)4-2/h4,7H,2-3,5-6H2,1H3. The summed E-state index contributed by atoms with van der Waals surface area (Å²) in [6.07, 6.45) is 3.24. The Kier molecular flexibility index (Phi) is 4.62. The van der Waals surface area contributed by atoms with Crippen molar-refractivity contribution in [2.75, 3.05) is 0 Å². The van der Waals surface area contributed by atoms with Gasteiger partial charge >= 0.3 is 0 Å². The van der Waals surface area contributed by atoms with Crippen LogP contribution in [0.2, 0.25) is 0 Å². The molecule has 0 rings (SSSR count). The molecule has 1 atom stereocenters. The van der Waals surface area contributed by atoms with Crippen molar-refractivity contribution in [2.45, 2.75) is 32.4 Å². The van der Waals surface area contributed by atoms with Crippen LogP contribution in [0.15, 0.2) is 12.7 Å². The van der Waals surface area contributed by atoms with E-state index in [1.807, 2.05) is 0 Å². The van der Waals surface area contributed by atoms with E-state index in [2.05, 4.69) is 13.5 Å². The van der Waals surface area contributed by atoms with E-state index in [1.165, 1.54) is 6.08 Å². The van der Waals surface area contributed by atoms with Gasteiger partial charge in [-0.1, -0.05) is 25.8 Å². The van der Waals surface area contributed by atoms with E-state index in [-0.39, 0.29) is 0 Å². The zero-order chi connectivity index (χ0) is 6.41. The Bertz CT molecular complexity index is 59.4. The highest BCUT2D eigenvalue weighted by Crippen LogP contribution is 2.03. The molecule has 0 radical (unpaired) electrons. The molecule has 0 N–H and O–H groups in total. The van der Waals surface area contributed by atoms with Gasteiger partial charge in [-0.2, -0.15) is 0 Å². The molecule has 0 aliphatic heterocycles. The van der Waals surface area contributed by atoms with Crippen LogP contribution in [0.25, 0.3) is 0 Å². The van der Waals surface area contributed by atoms with E-state index in [4.69, 9.17) is 0 Å². The van der Waals surface area contributed by atoms with Crippen LogP contribution in [0.3, 0.4) is 0 Å². The number of alkyl halides is 1. The van der Waals surface area contributed by atoms with Gasteiger partial charge in [0.15, 0.2) is 0 Å². The van der Waals surface area contributed by atoms with Gasteiger partial charge in [0.1, 0.15) is 6.17 Å². The minimum absolute atomic E-state index is 0.639. The first-order valence-electron chi connectivity index (χ1n) is 3.08. The first-order chi connectivity index (χ1) is 3.81. The van der Waals surface area contributed by atoms with Gasteiger partial charge in [0.2, 0.25) is 0 Å². The summed E-state index contributed by atoms with van der Waals surface area (Å²) in [6.45, 7) is 5.39. The summed E-state index contributed by atoms with van der Waals surface area (Å²) in [5.74, 6) is 0. The topological polar surface area (TPSA) is 0 Å². The molecular weight excluding hydrogens is 103 g/mol. The molecule has 0 aliphatic carbocycles. The molecule has 1 heteroatoms. The zero-order valence-electron chi connectivity index (χ0n) is 5.36. The molecule has 0 saturated heterocycles. The van der Waals surface area contributed by atoms with Crippen LogP contribution in [0, 0.1) is 0 Å². The third-order valence-corrected chi connectivity index (χ3v) is 1.09. The smallest absolute Gasteiger partial charge is 0.118 e. The summed E-state index contributed by atoms with van der Waals surface area (Å²) in [6, 6.07) is 0. The number of hydrogen-bond acceptors (Lipinski definition) is 0. The Morgan fingerprint density at radius 3 is 2.75 bits per heavy atom. The minimum atomic E-state index is -0.782. The van der Waals surface area contributed by atoms with Crippen LogP contribution in [0.5, 0.6) is 0 Å². The van der Waals surface area contributed by atoms with Crippen molar-refractivity contribution in [2.24, 2.45) is 0 Å². The second-order valence-electron chi connectivity index (χ2n) is 1.89. The van der Waals surface area contributed by atoms with E-state index in [0.717, 1.165) is 12.8 Å². The fourth-order valence-corrected chi connectivity index (χ4v) is 0.517. The van der Waals surface area contributed by atoms with Gasteiger partial charge in [0.25, 0.3) is 0 Å². The van der Waals surface area contributed by atoms with Gasteiger partial charge in [-0.25, -0.2) is 4.39 Å². The largest absolute Gasteiger partial charge is 0.243 e. The molecule has 0 saturated carbocycles. The number of halogens is 1. The van der Waals surface area contributed by atoms with Crippen LogP contribution in [-0.2, 0) is 0 Å². The molecular formula is C7H13F. The molecule has 0 aliphatic rings. The molecule has 0 fully saturated rings. The van der Waals surface area contributed by atoms with Crippen LogP contribution in [-0.4, -0.2) is 6.17 Å². The van der Waals surface area contributed by atoms with E-state index in [9.17, 15) is 4.39 Å². The highest BCUT2D eigenvalue weighted by atomic mass is 19.1. The normalized spacial score (nSPS) is 13.2. The molecule has 0 bridgehead atoms. The van der Waals surface area contributed by atoms with Crippen molar-refractivity contribution >= 4 is 0 Å². The summed E-state index contributed by atoms with van der Waals surface area (Å²) in [7, 11) is 0. The number of unbranched alkanes of at least 4 members (excludes halogenated alkanes) is 1. The second kappa shape index (κ2) is 4.82. The fraction of sp³-hybridized carbons (Fsp3) is 0.714. The maximum absolute atomic E-state index is 12.2. The Morgan fingerprint density at radius 1 is 1.75 bits per heavy atom. The SMILES string of the molecule is C=CC(F)CCCC. The lowest BCUT2D eigenvalue weighted by Crippen LogP contribution is -1.91. The molecule has 0 aromatic rings. The predicted octanol–water partition coefficient (Wildman–Crippen LogP) is 2.70. The Labute approximate surface area is 50.4 Å². The highest BCUT2D eigenvalue weighted by Gasteiger charge is 1.96. The molecule has 0 aromatic heterocycles. The van der Waals surface area contributed by atoms with Gasteiger partial charge < -0.3 is 0 Å². The molecule has 48 valence electrons. The molecule has 0 amide bonds. The third-order valence-electron chi connectivity index (χ3n) is 1.09. The molecule has 0 aromatic carbocycles. The molecule has 1 unspecified atom stereocenters. The van der Waals surface area contributed by atoms with Crippen LogP contribution < -0.4 is 0 Å². The van der Waals surface area contributed by atoms with Crippen molar-refractivity contribution in [1.29, 1.82) is 0 Å². The lowest BCUT2D eigenvalue weighted by atomic mass is 10.2. The monoisotopic (exact) mass is 116 g/mol. The summed E-state index contributed by atoms with van der Waals surface area (Å²) < 4.78 is 12.2. The van der Waals surface area contributed by atoms with E-state index < -0.39 is 6.17 Å². The van der Waals surface area contributed by atoms with Crippen molar-refractivity contribution in [3.05, 3.63) is 12.7 Å². The highest BCUT2D eigenvalue weighted by molar-refractivity contribution is 4.77. The average molecular weight is 116 g/mol. The van der Waals surface area contributed by atoms with Crippen molar-refractivity contribution in [3.8, 4) is 0 Å². The van der Waals surface area contributed by atoms with Crippen molar-refractivity contribution in [1.82, 2.24) is 0 Å². The Balaban J connectivity index is 2.98. The van der Waals surface area contributed by atoms with E-state index >= 15 is 0 Å². The van der Waals surface area contributed by atoms with E-state index in [1.54, 1.807) is 0 Å². The van der Waals surface area contributed by atoms with Gasteiger partial charge in [0.05, 0.1) is 0 Å². The molecule has 0 heterocycles. The van der Waals surface area contributed by atoms with Crippen molar-refractivity contribution in [3.63, 3.8) is 0 Å². The lowest BCUT2D eigenvalue weighted by molar-refractivity contribution is 0.370. The predicted molar refractivity (Wildman–Crippen MR) is 34.6 cm³/mol. The summed E-state index contributed by atoms with van der Waals surface area (Å²) in [4.78, 5) is 0. The summed E-state index contributed by atoms with van der Waals surface area (Å²) in [5, 5.41) is 0. The lowest BCUT2D eigenvalue weighted by Gasteiger charge is -1.97. The molecule has 8 heavy (non-hydrogen) atoms. The second-order valence-corrected chi connectivity index (χ2v) is 1.89. The summed E-state index contributed by atoms with van der Waals surface area (Å²) in [5.41, 5.74) is 0. The first-order valence-corrected chi connectivity index (χ1v) is 3.08. The van der Waals surface area contributed by atoms with Crippen LogP contribution in [0.4, 0.5) is 4.39 Å². The fourth-order valence-electron chi connectivity index (χ4n) is 0.517. The van der Waals surface area contributed by atoms with Gasteiger partial charge in [-0.05, 0) is 6.42 Å². The van der Waals surface area contributed by atoms with Gasteiger partial charge in [0, 0.05) is 0 Å². The summed E-state index contributed by atoms with van der Waals surface area (Å²) >= 11 is 0. The molecule has 0 spiro atoms. The number of allylic oxidation sites excluding steroid dienone is 1. The molecule has 0 nitrogen and oxygen atoms in total. The average Bonchev–Trinajstić information content (AvgIpc) is 1.83. The minimum Gasteiger partial charge on any atom is -0.243 e. The Hall–Kier alpha value is -0.330. The van der Waals surface area contributed by atoms with Gasteiger partial charge in [-0.3, -0.25) is 0 Å². The maximum Gasteiger partial charge on any atom is 0.118 e. The third kappa shape index (κ3) is 3.85.